The fraction of sp³-hybridized carbons (Fsp3) is 0.625. The van der Waals surface area contributed by atoms with Crippen molar-refractivity contribution in [1.82, 2.24) is 14.8 Å². The predicted molar refractivity (Wildman–Crippen MR) is 51.9 cm³/mol. The van der Waals surface area contributed by atoms with Gasteiger partial charge in [0.25, 0.3) is 5.56 Å². The molecule has 2 rings (SSSR count). The van der Waals surface area contributed by atoms with Crippen LogP contribution in [0.4, 0.5) is 0 Å². The quantitative estimate of drug-likeness (QED) is 0.411. The molecule has 1 fully saturated rings. The van der Waals surface area contributed by atoms with Crippen molar-refractivity contribution in [3.05, 3.63) is 27.0 Å². The van der Waals surface area contributed by atoms with Crippen LogP contribution in [0.1, 0.15) is 12.6 Å². The zero-order chi connectivity index (χ0) is 12.6. The summed E-state index contributed by atoms with van der Waals surface area (Å²) in [4.78, 5) is 24.1. The summed E-state index contributed by atoms with van der Waals surface area (Å²) in [5, 5.41) is 31.6. The maximum absolute atomic E-state index is 11.4. The number of aliphatic hydroxyl groups is 3. The Morgan fingerprint density at radius 3 is 2.71 bits per heavy atom. The number of aromatic nitrogens is 3. The number of nitrogens with one attached hydrogen (secondary N) is 1. The summed E-state index contributed by atoms with van der Waals surface area (Å²) in [5.41, 5.74) is -1.55. The molecular weight excluding hydrogens is 234 g/mol. The van der Waals surface area contributed by atoms with Gasteiger partial charge in [-0.05, 0) is 0 Å². The van der Waals surface area contributed by atoms with Crippen LogP contribution in [0.5, 0.6) is 0 Å². The summed E-state index contributed by atoms with van der Waals surface area (Å²) in [5.74, 6) is 0. The smallest absolute Gasteiger partial charge is 0.347 e. The first-order chi connectivity index (χ1) is 7.99. The molecule has 1 aliphatic heterocycles. The molecule has 0 spiro atoms. The molecule has 0 unspecified atom stereocenters. The molecule has 9 heteroatoms. The zero-order valence-corrected chi connectivity index (χ0v) is 8.55. The molecular formula is C8H11N3O6. The lowest BCUT2D eigenvalue weighted by Crippen LogP contribution is -2.49. The lowest BCUT2D eigenvalue weighted by atomic mass is 10.1. The van der Waals surface area contributed by atoms with Crippen molar-refractivity contribution >= 4 is 0 Å². The van der Waals surface area contributed by atoms with Crippen LogP contribution in [0.2, 0.25) is 0 Å². The highest BCUT2D eigenvalue weighted by Crippen LogP contribution is 2.24. The molecule has 0 aliphatic carbocycles. The van der Waals surface area contributed by atoms with Crippen molar-refractivity contribution in [1.29, 1.82) is 0 Å². The van der Waals surface area contributed by atoms with Crippen molar-refractivity contribution in [2.24, 2.45) is 0 Å². The first-order valence-electron chi connectivity index (χ1n) is 4.87. The van der Waals surface area contributed by atoms with E-state index in [0.717, 1.165) is 6.20 Å². The van der Waals surface area contributed by atoms with E-state index in [1.807, 2.05) is 4.98 Å². The summed E-state index contributed by atoms with van der Waals surface area (Å²) in [6, 6.07) is 0. The topological polar surface area (TPSA) is 138 Å². The molecule has 0 amide bonds. The van der Waals surface area contributed by atoms with E-state index >= 15 is 0 Å². The Morgan fingerprint density at radius 2 is 2.06 bits per heavy atom. The molecule has 0 radical (unpaired) electrons. The molecule has 0 bridgehead atoms. The van der Waals surface area contributed by atoms with Gasteiger partial charge in [0.15, 0.2) is 12.5 Å². The van der Waals surface area contributed by atoms with E-state index in [0.29, 0.717) is 4.68 Å². The minimum Gasteiger partial charge on any atom is -0.388 e. The third kappa shape index (κ3) is 2.26. The van der Waals surface area contributed by atoms with E-state index in [4.69, 9.17) is 4.74 Å². The Balaban J connectivity index is 2.33. The van der Waals surface area contributed by atoms with Gasteiger partial charge < -0.3 is 20.1 Å². The summed E-state index contributed by atoms with van der Waals surface area (Å²) >= 11 is 0. The van der Waals surface area contributed by atoms with Gasteiger partial charge in [-0.1, -0.05) is 0 Å². The highest BCUT2D eigenvalue weighted by atomic mass is 16.6. The number of H-pyrrole nitrogens is 1. The van der Waals surface area contributed by atoms with Gasteiger partial charge in [0.05, 0.1) is 0 Å². The molecule has 1 aliphatic rings. The van der Waals surface area contributed by atoms with E-state index in [2.05, 4.69) is 5.10 Å². The molecule has 1 saturated heterocycles. The standard InChI is InChI=1S/C8H11N3O6/c12-3-1-4(13)7(15)17-6(3)11-8(16)10-5(14)2-9-11/h2-4,6-7,12-13,15H,1H2,(H,10,14,16)/t3-,4-,6-,7+/m0/s1. The Morgan fingerprint density at radius 1 is 1.35 bits per heavy atom. The molecule has 4 atom stereocenters. The van der Waals surface area contributed by atoms with E-state index in [9.17, 15) is 24.9 Å². The second-order valence-corrected chi connectivity index (χ2v) is 3.67. The third-order valence-electron chi connectivity index (χ3n) is 2.40. The van der Waals surface area contributed by atoms with Crippen LogP contribution in [-0.4, -0.2) is 48.6 Å². The van der Waals surface area contributed by atoms with E-state index in [-0.39, 0.29) is 6.42 Å². The maximum Gasteiger partial charge on any atom is 0.347 e. The average molecular weight is 245 g/mol. The molecule has 17 heavy (non-hydrogen) atoms. The SMILES string of the molecule is O=c1cnn([C@H]2O[C@@H](O)[C@@H](O)C[C@@H]2O)c(=O)[nH]1. The van der Waals surface area contributed by atoms with Crippen molar-refractivity contribution in [3.63, 3.8) is 0 Å². The van der Waals surface area contributed by atoms with Crippen molar-refractivity contribution in [2.45, 2.75) is 31.1 Å². The number of aliphatic hydroxyl groups excluding tert-OH is 3. The molecule has 2 heterocycles. The second-order valence-electron chi connectivity index (χ2n) is 3.67. The van der Waals surface area contributed by atoms with Crippen LogP contribution in [0, 0.1) is 0 Å². The Labute approximate surface area is 93.9 Å². The van der Waals surface area contributed by atoms with E-state index in [1.54, 1.807) is 0 Å². The Bertz CT molecular complexity index is 510. The number of hydrogen-bond donors (Lipinski definition) is 4. The molecule has 4 N–H and O–H groups in total. The minimum atomic E-state index is -1.52. The van der Waals surface area contributed by atoms with Crippen LogP contribution in [-0.2, 0) is 4.74 Å². The second kappa shape index (κ2) is 4.37. The summed E-state index contributed by atoms with van der Waals surface area (Å²) < 4.78 is 5.55. The number of ether oxygens (including phenoxy) is 1. The normalized spacial score (nSPS) is 33.6. The van der Waals surface area contributed by atoms with Crippen molar-refractivity contribution in [2.75, 3.05) is 0 Å². The maximum atomic E-state index is 11.4. The lowest BCUT2D eigenvalue weighted by Gasteiger charge is -2.34. The highest BCUT2D eigenvalue weighted by Gasteiger charge is 2.37. The Kier molecular flexibility index (Phi) is 3.07. The summed E-state index contributed by atoms with van der Waals surface area (Å²) in [6.07, 6.45) is -4.56. The molecule has 0 aromatic carbocycles. The summed E-state index contributed by atoms with van der Waals surface area (Å²) in [7, 11) is 0. The first-order valence-corrected chi connectivity index (χ1v) is 4.87. The number of hydrogen-bond acceptors (Lipinski definition) is 7. The number of aromatic amines is 1. The van der Waals surface area contributed by atoms with Gasteiger partial charge in [-0.15, -0.1) is 0 Å². The number of nitrogens with zero attached hydrogens (tertiary/aromatic N) is 2. The highest BCUT2D eigenvalue weighted by molar-refractivity contribution is 4.80. The van der Waals surface area contributed by atoms with Gasteiger partial charge in [-0.2, -0.15) is 9.78 Å². The van der Waals surface area contributed by atoms with E-state index in [1.165, 1.54) is 0 Å². The van der Waals surface area contributed by atoms with Crippen LogP contribution >= 0.6 is 0 Å². The van der Waals surface area contributed by atoms with Crippen LogP contribution in [0.15, 0.2) is 15.8 Å². The van der Waals surface area contributed by atoms with Crippen LogP contribution in [0.3, 0.4) is 0 Å². The average Bonchev–Trinajstić information content (AvgIpc) is 2.24. The molecule has 1 aromatic heterocycles. The van der Waals surface area contributed by atoms with Crippen LogP contribution in [0.25, 0.3) is 0 Å². The molecule has 0 saturated carbocycles. The Hall–Kier alpha value is -1.55. The number of rotatable bonds is 1. The van der Waals surface area contributed by atoms with Gasteiger partial charge in [-0.3, -0.25) is 9.78 Å². The summed E-state index contributed by atoms with van der Waals surface area (Å²) in [6.45, 7) is 0. The molecule has 9 nitrogen and oxygen atoms in total. The van der Waals surface area contributed by atoms with E-state index < -0.39 is 36.0 Å². The van der Waals surface area contributed by atoms with Crippen molar-refractivity contribution in [3.8, 4) is 0 Å². The van der Waals surface area contributed by atoms with Gasteiger partial charge in [0.2, 0.25) is 0 Å². The predicted octanol–water partition coefficient (Wildman–Crippen LogP) is -3.11. The van der Waals surface area contributed by atoms with Gasteiger partial charge in [-0.25, -0.2) is 4.79 Å². The van der Waals surface area contributed by atoms with Crippen molar-refractivity contribution < 1.29 is 20.1 Å². The fourth-order valence-corrected chi connectivity index (χ4v) is 1.57. The third-order valence-corrected chi connectivity index (χ3v) is 2.40. The van der Waals surface area contributed by atoms with Gasteiger partial charge >= 0.3 is 5.69 Å². The lowest BCUT2D eigenvalue weighted by molar-refractivity contribution is -0.270. The van der Waals surface area contributed by atoms with Gasteiger partial charge in [0, 0.05) is 6.42 Å². The van der Waals surface area contributed by atoms with Gasteiger partial charge in [0.1, 0.15) is 18.4 Å². The zero-order valence-electron chi connectivity index (χ0n) is 8.55. The monoisotopic (exact) mass is 245 g/mol. The first kappa shape index (κ1) is 11.9. The largest absolute Gasteiger partial charge is 0.388 e. The minimum absolute atomic E-state index is 0.168. The fourth-order valence-electron chi connectivity index (χ4n) is 1.57. The molecule has 94 valence electrons. The van der Waals surface area contributed by atoms with Crippen LogP contribution < -0.4 is 11.2 Å². The molecule has 1 aromatic rings.